The molecule has 1 aromatic heterocycles. The summed E-state index contributed by atoms with van der Waals surface area (Å²) in [6.07, 6.45) is -2.17. The van der Waals surface area contributed by atoms with Gasteiger partial charge in [0.05, 0.1) is 17.4 Å². The molecule has 0 fully saturated rings. The lowest BCUT2D eigenvalue weighted by atomic mass is 10.2. The molecule has 1 amide bonds. The smallest absolute Gasteiger partial charge is 0.352 e. The topological polar surface area (TPSA) is 46.9 Å². The Morgan fingerprint density at radius 1 is 1.27 bits per heavy atom. The van der Waals surface area contributed by atoms with Gasteiger partial charge in [-0.1, -0.05) is 31.5 Å². The first-order valence-corrected chi connectivity index (χ1v) is 6.94. The van der Waals surface area contributed by atoms with Crippen LogP contribution in [0.3, 0.4) is 0 Å². The Bertz CT molecular complexity index is 635. The van der Waals surface area contributed by atoms with Gasteiger partial charge in [-0.05, 0) is 18.6 Å². The molecule has 0 aliphatic heterocycles. The number of para-hydroxylation sites is 1. The van der Waals surface area contributed by atoms with E-state index in [0.29, 0.717) is 13.0 Å². The van der Waals surface area contributed by atoms with Gasteiger partial charge in [-0.3, -0.25) is 4.79 Å². The van der Waals surface area contributed by atoms with Crippen molar-refractivity contribution < 1.29 is 18.0 Å². The average Bonchev–Trinajstić information content (AvgIpc) is 2.93. The number of benzene rings is 1. The molecule has 0 saturated carbocycles. The van der Waals surface area contributed by atoms with Gasteiger partial charge in [0.1, 0.15) is 0 Å². The van der Waals surface area contributed by atoms with Crippen LogP contribution in [0.15, 0.2) is 36.5 Å². The number of amides is 1. The molecule has 0 atom stereocenters. The molecule has 0 spiro atoms. The summed E-state index contributed by atoms with van der Waals surface area (Å²) in [6, 6.07) is 7.91. The van der Waals surface area contributed by atoms with Crippen molar-refractivity contribution in [2.45, 2.75) is 25.9 Å². The minimum atomic E-state index is -4.68. The van der Waals surface area contributed by atoms with Crippen molar-refractivity contribution in [1.82, 2.24) is 15.1 Å². The normalized spacial score (nSPS) is 11.5. The molecular weight excluding hydrogens is 295 g/mol. The molecule has 4 nitrogen and oxygen atoms in total. The van der Waals surface area contributed by atoms with Crippen molar-refractivity contribution in [3.63, 3.8) is 0 Å². The number of alkyl halides is 3. The number of nitrogens with one attached hydrogen (secondary N) is 1. The van der Waals surface area contributed by atoms with Crippen LogP contribution in [0.4, 0.5) is 13.2 Å². The summed E-state index contributed by atoms with van der Waals surface area (Å²) < 4.78 is 40.8. The van der Waals surface area contributed by atoms with Crippen LogP contribution in [0, 0.1) is 0 Å². The lowest BCUT2D eigenvalue weighted by Gasteiger charge is -2.12. The van der Waals surface area contributed by atoms with Gasteiger partial charge in [0.2, 0.25) is 0 Å². The third-order valence-corrected chi connectivity index (χ3v) is 3.10. The largest absolute Gasteiger partial charge is 0.434 e. The SMILES string of the molecule is CCCCNC(=O)c1cnn(-c2ccccc2)c1C(F)(F)F. The van der Waals surface area contributed by atoms with E-state index in [0.717, 1.165) is 17.3 Å². The van der Waals surface area contributed by atoms with E-state index in [2.05, 4.69) is 10.4 Å². The zero-order chi connectivity index (χ0) is 16.2. The van der Waals surface area contributed by atoms with E-state index in [-0.39, 0.29) is 5.69 Å². The number of carbonyl (C=O) groups excluding carboxylic acids is 1. The zero-order valence-corrected chi connectivity index (χ0v) is 12.0. The van der Waals surface area contributed by atoms with Gasteiger partial charge >= 0.3 is 6.18 Å². The fraction of sp³-hybridized carbons (Fsp3) is 0.333. The lowest BCUT2D eigenvalue weighted by Crippen LogP contribution is -2.27. The Balaban J connectivity index is 2.40. The maximum absolute atomic E-state index is 13.3. The average molecular weight is 311 g/mol. The second kappa shape index (κ2) is 6.64. The van der Waals surface area contributed by atoms with E-state index in [1.54, 1.807) is 18.2 Å². The van der Waals surface area contributed by atoms with Crippen molar-refractivity contribution in [2.24, 2.45) is 0 Å². The Kier molecular flexibility index (Phi) is 4.85. The highest BCUT2D eigenvalue weighted by atomic mass is 19.4. The van der Waals surface area contributed by atoms with Gasteiger partial charge in [0.15, 0.2) is 5.69 Å². The second-order valence-corrected chi connectivity index (χ2v) is 4.76. The molecule has 1 heterocycles. The summed E-state index contributed by atoms with van der Waals surface area (Å²) in [5, 5.41) is 6.22. The highest BCUT2D eigenvalue weighted by Gasteiger charge is 2.40. The predicted molar refractivity (Wildman–Crippen MR) is 75.8 cm³/mol. The zero-order valence-electron chi connectivity index (χ0n) is 12.0. The Labute approximate surface area is 125 Å². The third-order valence-electron chi connectivity index (χ3n) is 3.10. The molecule has 0 unspecified atom stereocenters. The van der Waals surface area contributed by atoms with Crippen LogP contribution in [-0.2, 0) is 6.18 Å². The maximum Gasteiger partial charge on any atom is 0.434 e. The van der Waals surface area contributed by atoms with Crippen molar-refractivity contribution >= 4 is 5.91 Å². The third kappa shape index (κ3) is 3.47. The number of unbranched alkanes of at least 4 members (excludes halogenated alkanes) is 1. The van der Waals surface area contributed by atoms with Crippen LogP contribution in [0.25, 0.3) is 5.69 Å². The molecule has 7 heteroatoms. The molecule has 118 valence electrons. The van der Waals surface area contributed by atoms with Crippen LogP contribution in [0.2, 0.25) is 0 Å². The molecule has 22 heavy (non-hydrogen) atoms. The van der Waals surface area contributed by atoms with E-state index >= 15 is 0 Å². The number of hydrogen-bond acceptors (Lipinski definition) is 2. The molecule has 2 rings (SSSR count). The highest BCUT2D eigenvalue weighted by Crippen LogP contribution is 2.33. The van der Waals surface area contributed by atoms with Crippen LogP contribution >= 0.6 is 0 Å². The number of rotatable bonds is 5. The van der Waals surface area contributed by atoms with Gasteiger partial charge in [0, 0.05) is 6.54 Å². The Hall–Kier alpha value is -2.31. The standard InChI is InChI=1S/C15H16F3N3O/c1-2-3-9-19-14(22)12-10-20-21(13(12)15(16,17)18)11-7-5-4-6-8-11/h4-8,10H,2-3,9H2,1H3,(H,19,22). The molecule has 2 aromatic rings. The monoisotopic (exact) mass is 311 g/mol. The number of carbonyl (C=O) groups is 1. The summed E-state index contributed by atoms with van der Waals surface area (Å²) >= 11 is 0. The molecule has 0 aliphatic carbocycles. The predicted octanol–water partition coefficient (Wildman–Crippen LogP) is 3.42. The van der Waals surface area contributed by atoms with Crippen molar-refractivity contribution in [3.05, 3.63) is 47.8 Å². The summed E-state index contributed by atoms with van der Waals surface area (Å²) in [4.78, 5) is 12.0. The van der Waals surface area contributed by atoms with Gasteiger partial charge in [-0.2, -0.15) is 18.3 Å². The summed E-state index contributed by atoms with van der Waals surface area (Å²) in [7, 11) is 0. The van der Waals surface area contributed by atoms with Gasteiger partial charge in [0.25, 0.3) is 5.91 Å². The fourth-order valence-corrected chi connectivity index (χ4v) is 2.03. The van der Waals surface area contributed by atoms with E-state index in [9.17, 15) is 18.0 Å². The minimum absolute atomic E-state index is 0.252. The number of halogens is 3. The molecule has 0 radical (unpaired) electrons. The molecule has 1 N–H and O–H groups in total. The molecular formula is C15H16F3N3O. The van der Waals surface area contributed by atoms with Crippen LogP contribution in [0.5, 0.6) is 0 Å². The quantitative estimate of drug-likeness (QED) is 0.860. The van der Waals surface area contributed by atoms with Crippen LogP contribution in [-0.4, -0.2) is 22.2 Å². The number of aromatic nitrogens is 2. The lowest BCUT2D eigenvalue weighted by molar-refractivity contribution is -0.143. The van der Waals surface area contributed by atoms with Crippen molar-refractivity contribution in [2.75, 3.05) is 6.54 Å². The minimum Gasteiger partial charge on any atom is -0.352 e. The first-order chi connectivity index (χ1) is 10.4. The van der Waals surface area contributed by atoms with E-state index in [1.165, 1.54) is 12.1 Å². The number of nitrogens with zero attached hydrogens (tertiary/aromatic N) is 2. The first kappa shape index (κ1) is 16.1. The first-order valence-electron chi connectivity index (χ1n) is 6.94. The number of hydrogen-bond donors (Lipinski definition) is 1. The Morgan fingerprint density at radius 3 is 2.55 bits per heavy atom. The van der Waals surface area contributed by atoms with Gasteiger partial charge < -0.3 is 5.32 Å². The fourth-order valence-electron chi connectivity index (χ4n) is 2.03. The summed E-state index contributed by atoms with van der Waals surface area (Å²) in [6.45, 7) is 2.27. The van der Waals surface area contributed by atoms with Crippen molar-refractivity contribution in [3.8, 4) is 5.69 Å². The Morgan fingerprint density at radius 2 is 1.95 bits per heavy atom. The van der Waals surface area contributed by atoms with Crippen LogP contribution in [0.1, 0.15) is 35.8 Å². The van der Waals surface area contributed by atoms with E-state index < -0.39 is 23.3 Å². The molecule has 0 aliphatic rings. The van der Waals surface area contributed by atoms with Gasteiger partial charge in [-0.15, -0.1) is 0 Å². The second-order valence-electron chi connectivity index (χ2n) is 4.76. The highest BCUT2D eigenvalue weighted by molar-refractivity contribution is 5.95. The van der Waals surface area contributed by atoms with E-state index in [4.69, 9.17) is 0 Å². The molecule has 0 bridgehead atoms. The summed E-state index contributed by atoms with van der Waals surface area (Å²) in [5.41, 5.74) is -1.28. The van der Waals surface area contributed by atoms with Crippen molar-refractivity contribution in [1.29, 1.82) is 0 Å². The molecule has 1 aromatic carbocycles. The maximum atomic E-state index is 13.3. The van der Waals surface area contributed by atoms with E-state index in [1.807, 2.05) is 6.92 Å². The van der Waals surface area contributed by atoms with Gasteiger partial charge in [-0.25, -0.2) is 4.68 Å². The summed E-state index contributed by atoms with van der Waals surface area (Å²) in [5.74, 6) is -0.761. The van der Waals surface area contributed by atoms with Crippen LogP contribution < -0.4 is 5.32 Å². The molecule has 0 saturated heterocycles.